The van der Waals surface area contributed by atoms with Crippen LogP contribution in [-0.4, -0.2) is 36.3 Å². The Kier molecular flexibility index (Phi) is 3.43. The average Bonchev–Trinajstić information content (AvgIpc) is 2.40. The van der Waals surface area contributed by atoms with Crippen LogP contribution in [0, 0.1) is 18.2 Å². The molecule has 17 heavy (non-hydrogen) atoms. The lowest BCUT2D eigenvalue weighted by atomic mass is 10.0. The molecular formula is C13H14FNO2. The van der Waals surface area contributed by atoms with Crippen molar-refractivity contribution in [2.45, 2.75) is 5.72 Å². The number of halogens is 1. The first-order chi connectivity index (χ1) is 8.16. The number of hydrogen-bond donors (Lipinski definition) is 1. The Bertz CT molecular complexity index is 420. The fourth-order valence-corrected chi connectivity index (χ4v) is 1.93. The zero-order valence-electron chi connectivity index (χ0n) is 9.40. The van der Waals surface area contributed by atoms with Crippen LogP contribution in [0.25, 0.3) is 0 Å². The van der Waals surface area contributed by atoms with Crippen LogP contribution in [-0.2, 0) is 10.5 Å². The molecule has 1 heterocycles. The Morgan fingerprint density at radius 3 is 2.41 bits per heavy atom. The molecule has 1 N–H and O–H groups in total. The van der Waals surface area contributed by atoms with Crippen molar-refractivity contribution < 1.29 is 14.2 Å². The quantitative estimate of drug-likeness (QED) is 0.774. The summed E-state index contributed by atoms with van der Waals surface area (Å²) in [5.74, 6) is 2.04. The smallest absolute Gasteiger partial charge is 0.209 e. The van der Waals surface area contributed by atoms with Gasteiger partial charge in [-0.3, -0.25) is 4.90 Å². The second-order valence-electron chi connectivity index (χ2n) is 3.92. The van der Waals surface area contributed by atoms with Crippen molar-refractivity contribution in [1.82, 2.24) is 4.90 Å². The molecule has 0 bridgehead atoms. The van der Waals surface area contributed by atoms with Crippen LogP contribution in [0.15, 0.2) is 24.3 Å². The molecule has 1 unspecified atom stereocenters. The number of nitrogens with zero attached hydrogens (tertiary/aromatic N) is 1. The maximum absolute atomic E-state index is 12.9. The predicted molar refractivity (Wildman–Crippen MR) is 61.5 cm³/mol. The maximum Gasteiger partial charge on any atom is 0.209 e. The zero-order valence-corrected chi connectivity index (χ0v) is 9.40. The molecule has 0 aliphatic carbocycles. The molecule has 1 aromatic carbocycles. The highest BCUT2D eigenvalue weighted by Gasteiger charge is 2.35. The van der Waals surface area contributed by atoms with Gasteiger partial charge in [0, 0.05) is 18.7 Å². The minimum atomic E-state index is -1.49. The molecule has 90 valence electrons. The molecule has 2 rings (SSSR count). The summed E-state index contributed by atoms with van der Waals surface area (Å²) < 4.78 is 18.1. The molecule has 1 fully saturated rings. The molecule has 1 aliphatic heterocycles. The number of ether oxygens (including phenoxy) is 1. The highest BCUT2D eigenvalue weighted by atomic mass is 19.1. The van der Waals surface area contributed by atoms with Gasteiger partial charge >= 0.3 is 0 Å². The van der Waals surface area contributed by atoms with Gasteiger partial charge in [-0.05, 0) is 12.1 Å². The minimum absolute atomic E-state index is 0.352. The highest BCUT2D eigenvalue weighted by molar-refractivity contribution is 5.30. The van der Waals surface area contributed by atoms with Crippen molar-refractivity contribution in [2.75, 3.05) is 26.3 Å². The molecule has 0 radical (unpaired) electrons. The lowest BCUT2D eigenvalue weighted by Crippen LogP contribution is -2.50. The summed E-state index contributed by atoms with van der Waals surface area (Å²) in [6, 6.07) is 5.59. The maximum atomic E-state index is 12.9. The van der Waals surface area contributed by atoms with Crippen LogP contribution < -0.4 is 0 Å². The summed E-state index contributed by atoms with van der Waals surface area (Å²) in [7, 11) is 0. The van der Waals surface area contributed by atoms with Gasteiger partial charge in [0.2, 0.25) is 5.72 Å². The molecule has 0 spiro atoms. The van der Waals surface area contributed by atoms with Crippen LogP contribution in [0.1, 0.15) is 5.56 Å². The fraction of sp³-hybridized carbons (Fsp3) is 0.385. The molecule has 0 saturated carbocycles. The number of benzene rings is 1. The van der Waals surface area contributed by atoms with Crippen molar-refractivity contribution in [3.05, 3.63) is 35.6 Å². The summed E-state index contributed by atoms with van der Waals surface area (Å²) in [6.07, 6.45) is 5.43. The van der Waals surface area contributed by atoms with E-state index >= 15 is 0 Å². The summed E-state index contributed by atoms with van der Waals surface area (Å²) in [5, 5.41) is 10.5. The first-order valence-electron chi connectivity index (χ1n) is 5.46. The van der Waals surface area contributed by atoms with Gasteiger partial charge in [-0.1, -0.05) is 18.1 Å². The van der Waals surface area contributed by atoms with Gasteiger partial charge in [0.1, 0.15) is 5.82 Å². The van der Waals surface area contributed by atoms with E-state index in [2.05, 4.69) is 5.92 Å². The van der Waals surface area contributed by atoms with Crippen LogP contribution in [0.2, 0.25) is 0 Å². The molecular weight excluding hydrogens is 221 g/mol. The molecule has 1 aromatic rings. The summed E-state index contributed by atoms with van der Waals surface area (Å²) in [6.45, 7) is 2.17. The van der Waals surface area contributed by atoms with E-state index in [1.165, 1.54) is 24.3 Å². The van der Waals surface area contributed by atoms with Crippen molar-refractivity contribution in [3.8, 4) is 12.3 Å². The van der Waals surface area contributed by atoms with E-state index < -0.39 is 5.72 Å². The Morgan fingerprint density at radius 2 is 1.88 bits per heavy atom. The molecule has 1 saturated heterocycles. The highest BCUT2D eigenvalue weighted by Crippen LogP contribution is 2.26. The predicted octanol–water partition coefficient (Wildman–Crippen LogP) is 0.936. The van der Waals surface area contributed by atoms with E-state index in [0.29, 0.717) is 31.9 Å². The van der Waals surface area contributed by atoms with Crippen LogP contribution in [0.5, 0.6) is 0 Å². The van der Waals surface area contributed by atoms with E-state index in [1.807, 2.05) is 0 Å². The van der Waals surface area contributed by atoms with E-state index in [4.69, 9.17) is 11.2 Å². The third-order valence-corrected chi connectivity index (χ3v) is 2.92. The topological polar surface area (TPSA) is 32.7 Å². The van der Waals surface area contributed by atoms with Crippen molar-refractivity contribution in [2.24, 2.45) is 0 Å². The second-order valence-corrected chi connectivity index (χ2v) is 3.92. The third-order valence-electron chi connectivity index (χ3n) is 2.92. The van der Waals surface area contributed by atoms with E-state index in [0.717, 1.165) is 0 Å². The van der Waals surface area contributed by atoms with Gasteiger partial charge in [-0.2, -0.15) is 0 Å². The standard InChI is InChI=1S/C13H14FNO2/c1-2-13(16,15-7-9-17-10-8-15)11-3-5-12(14)6-4-11/h1,3-6,16H,7-10H2. The van der Waals surface area contributed by atoms with Crippen molar-refractivity contribution in [3.63, 3.8) is 0 Å². The molecule has 0 amide bonds. The summed E-state index contributed by atoms with van der Waals surface area (Å²) in [5.41, 5.74) is -0.986. The van der Waals surface area contributed by atoms with Gasteiger partial charge in [-0.25, -0.2) is 4.39 Å². The van der Waals surface area contributed by atoms with Crippen LogP contribution in [0.4, 0.5) is 4.39 Å². The van der Waals surface area contributed by atoms with Gasteiger partial charge < -0.3 is 9.84 Å². The Morgan fingerprint density at radius 1 is 1.29 bits per heavy atom. The van der Waals surface area contributed by atoms with Gasteiger partial charge in [-0.15, -0.1) is 6.42 Å². The average molecular weight is 235 g/mol. The molecule has 4 heteroatoms. The lowest BCUT2D eigenvalue weighted by molar-refractivity contribution is -0.108. The first-order valence-corrected chi connectivity index (χ1v) is 5.46. The number of hydrogen-bond acceptors (Lipinski definition) is 3. The Balaban J connectivity index is 2.30. The Labute approximate surface area is 99.8 Å². The van der Waals surface area contributed by atoms with E-state index in [1.54, 1.807) is 4.90 Å². The number of aliphatic hydroxyl groups is 1. The normalized spacial score (nSPS) is 20.5. The van der Waals surface area contributed by atoms with Gasteiger partial charge in [0.25, 0.3) is 0 Å². The first kappa shape index (κ1) is 12.1. The summed E-state index contributed by atoms with van der Waals surface area (Å²) >= 11 is 0. The van der Waals surface area contributed by atoms with Crippen molar-refractivity contribution in [1.29, 1.82) is 0 Å². The molecule has 0 aromatic heterocycles. The minimum Gasteiger partial charge on any atom is -0.379 e. The van der Waals surface area contributed by atoms with Crippen LogP contribution in [0.3, 0.4) is 0 Å². The number of rotatable bonds is 2. The monoisotopic (exact) mass is 235 g/mol. The lowest BCUT2D eigenvalue weighted by Gasteiger charge is -2.38. The number of terminal acetylenes is 1. The SMILES string of the molecule is C#CC(O)(c1ccc(F)cc1)N1CCOCC1. The van der Waals surface area contributed by atoms with E-state index in [9.17, 15) is 9.50 Å². The zero-order chi connectivity index (χ0) is 12.3. The van der Waals surface area contributed by atoms with Crippen molar-refractivity contribution >= 4 is 0 Å². The largest absolute Gasteiger partial charge is 0.379 e. The Hall–Kier alpha value is -1.41. The van der Waals surface area contributed by atoms with Gasteiger partial charge in [0.15, 0.2) is 0 Å². The van der Waals surface area contributed by atoms with Crippen LogP contribution >= 0.6 is 0 Å². The van der Waals surface area contributed by atoms with E-state index in [-0.39, 0.29) is 5.82 Å². The molecule has 1 atom stereocenters. The molecule has 3 nitrogen and oxygen atoms in total. The third kappa shape index (κ3) is 2.32. The molecule has 1 aliphatic rings. The number of morpholine rings is 1. The van der Waals surface area contributed by atoms with Gasteiger partial charge in [0.05, 0.1) is 13.2 Å². The summed E-state index contributed by atoms with van der Waals surface area (Å²) in [4.78, 5) is 1.75. The second kappa shape index (κ2) is 4.84. The fourth-order valence-electron chi connectivity index (χ4n) is 1.93.